The molecule has 0 saturated carbocycles. The van der Waals surface area contributed by atoms with Crippen molar-refractivity contribution in [2.45, 2.75) is 32.9 Å². The van der Waals surface area contributed by atoms with E-state index >= 15 is 0 Å². The highest BCUT2D eigenvalue weighted by molar-refractivity contribution is 5.79. The van der Waals surface area contributed by atoms with E-state index in [1.165, 1.54) is 0 Å². The van der Waals surface area contributed by atoms with Gasteiger partial charge in [-0.1, -0.05) is 13.0 Å². The Morgan fingerprint density at radius 1 is 1.33 bits per heavy atom. The number of hydrogen-bond donors (Lipinski definition) is 1. The van der Waals surface area contributed by atoms with Crippen LogP contribution in [-0.2, 0) is 6.61 Å². The fourth-order valence-electron chi connectivity index (χ4n) is 2.98. The van der Waals surface area contributed by atoms with Crippen LogP contribution in [0.2, 0.25) is 0 Å². The lowest BCUT2D eigenvalue weighted by Gasteiger charge is -2.22. The van der Waals surface area contributed by atoms with Crippen molar-refractivity contribution in [1.29, 1.82) is 0 Å². The van der Waals surface area contributed by atoms with Gasteiger partial charge < -0.3 is 15.2 Å². The zero-order valence-electron chi connectivity index (χ0n) is 14.2. The van der Waals surface area contributed by atoms with Crippen molar-refractivity contribution in [2.24, 2.45) is 10.9 Å². The van der Waals surface area contributed by atoms with E-state index in [1.54, 1.807) is 6.20 Å². The highest BCUT2D eigenvalue weighted by Gasteiger charge is 2.20. The van der Waals surface area contributed by atoms with Crippen LogP contribution < -0.4 is 15.2 Å². The number of fused-ring (bicyclic) bond motifs is 3. The Labute approximate surface area is 142 Å². The Kier molecular flexibility index (Phi) is 4.69. The van der Waals surface area contributed by atoms with Gasteiger partial charge in [0.2, 0.25) is 0 Å². The van der Waals surface area contributed by atoms with Crippen molar-refractivity contribution in [3.63, 3.8) is 0 Å². The van der Waals surface area contributed by atoms with Gasteiger partial charge in [0.15, 0.2) is 11.6 Å². The highest BCUT2D eigenvalue weighted by atomic mass is 16.5. The molecule has 126 valence electrons. The number of nitrogen functional groups attached to an aromatic ring is 1. The van der Waals surface area contributed by atoms with E-state index in [0.29, 0.717) is 30.7 Å². The summed E-state index contributed by atoms with van der Waals surface area (Å²) in [6, 6.07) is 8.28. The molecular formula is C19H23N3O2. The average Bonchev–Trinajstić information content (AvgIpc) is 2.59. The first-order valence-electron chi connectivity index (χ1n) is 8.17. The normalized spacial score (nSPS) is 14.8. The molecule has 24 heavy (non-hydrogen) atoms. The molecule has 5 nitrogen and oxygen atoms in total. The van der Waals surface area contributed by atoms with E-state index in [9.17, 15) is 0 Å². The van der Waals surface area contributed by atoms with E-state index in [0.717, 1.165) is 28.9 Å². The minimum Gasteiger partial charge on any atom is -0.493 e. The summed E-state index contributed by atoms with van der Waals surface area (Å²) in [5, 5.41) is 0. The maximum atomic E-state index is 5.94. The molecule has 2 atom stereocenters. The molecule has 0 amide bonds. The van der Waals surface area contributed by atoms with Crippen LogP contribution in [0.1, 0.15) is 25.8 Å². The molecule has 1 aromatic carbocycles. The molecule has 2 aromatic rings. The van der Waals surface area contributed by atoms with E-state index in [-0.39, 0.29) is 6.04 Å². The predicted octanol–water partition coefficient (Wildman–Crippen LogP) is 3.72. The van der Waals surface area contributed by atoms with Gasteiger partial charge in [-0.15, -0.1) is 0 Å². The lowest BCUT2D eigenvalue weighted by molar-refractivity contribution is 0.245. The smallest absolute Gasteiger partial charge is 0.169 e. The van der Waals surface area contributed by atoms with Gasteiger partial charge in [-0.05, 0) is 49.7 Å². The van der Waals surface area contributed by atoms with Crippen LogP contribution in [0.3, 0.4) is 0 Å². The number of nitrogens with zero attached hydrogens (tertiary/aromatic N) is 2. The second-order valence-electron chi connectivity index (χ2n) is 6.36. The maximum Gasteiger partial charge on any atom is 0.169 e. The van der Waals surface area contributed by atoms with Crippen LogP contribution in [0, 0.1) is 5.92 Å². The van der Waals surface area contributed by atoms with Crippen LogP contribution >= 0.6 is 0 Å². The molecule has 2 N–H and O–H groups in total. The molecule has 2 heterocycles. The number of anilines is 1. The number of pyridine rings is 1. The molecule has 0 aliphatic carbocycles. The number of ether oxygens (including phenoxy) is 2. The summed E-state index contributed by atoms with van der Waals surface area (Å²) in [6.45, 7) is 8.95. The largest absolute Gasteiger partial charge is 0.493 e. The molecule has 0 radical (unpaired) electrons. The fourth-order valence-corrected chi connectivity index (χ4v) is 2.98. The number of rotatable bonds is 6. The third-order valence-corrected chi connectivity index (χ3v) is 4.26. The van der Waals surface area contributed by atoms with E-state index < -0.39 is 0 Å². The zero-order chi connectivity index (χ0) is 17.1. The van der Waals surface area contributed by atoms with Gasteiger partial charge >= 0.3 is 0 Å². The van der Waals surface area contributed by atoms with E-state index in [4.69, 9.17) is 15.2 Å². The molecule has 2 unspecified atom stereocenters. The Balaban J connectivity index is 1.73. The van der Waals surface area contributed by atoms with Crippen LogP contribution in [0.15, 0.2) is 35.5 Å². The highest BCUT2D eigenvalue weighted by Crippen LogP contribution is 2.41. The minimum atomic E-state index is 0.260. The summed E-state index contributed by atoms with van der Waals surface area (Å²) < 4.78 is 11.7. The molecule has 0 spiro atoms. The zero-order valence-corrected chi connectivity index (χ0v) is 14.2. The number of benzene rings is 1. The Morgan fingerprint density at radius 3 is 2.96 bits per heavy atom. The summed E-state index contributed by atoms with van der Waals surface area (Å²) in [6.07, 6.45) is 2.67. The SMILES string of the molecule is C=NC(C)CC(C)COc1ccc2c(c1)COc1c-2ccnc1N. The first-order valence-corrected chi connectivity index (χ1v) is 8.17. The molecule has 0 saturated heterocycles. The van der Waals surface area contributed by atoms with Gasteiger partial charge in [0.25, 0.3) is 0 Å². The predicted molar refractivity (Wildman–Crippen MR) is 96.7 cm³/mol. The lowest BCUT2D eigenvalue weighted by Crippen LogP contribution is -2.14. The first kappa shape index (κ1) is 16.3. The van der Waals surface area contributed by atoms with Crippen LogP contribution in [0.25, 0.3) is 11.1 Å². The summed E-state index contributed by atoms with van der Waals surface area (Å²) in [4.78, 5) is 8.11. The Bertz CT molecular complexity index is 745. The van der Waals surface area contributed by atoms with Crippen molar-refractivity contribution >= 4 is 12.5 Å². The number of aromatic nitrogens is 1. The molecule has 1 aromatic heterocycles. The Morgan fingerprint density at radius 2 is 2.17 bits per heavy atom. The molecule has 5 heteroatoms. The molecule has 1 aliphatic rings. The topological polar surface area (TPSA) is 69.7 Å². The van der Waals surface area contributed by atoms with Crippen molar-refractivity contribution in [2.75, 3.05) is 12.3 Å². The molecule has 0 fully saturated rings. The van der Waals surface area contributed by atoms with Crippen molar-refractivity contribution in [1.82, 2.24) is 4.98 Å². The van der Waals surface area contributed by atoms with Gasteiger partial charge in [0.05, 0.1) is 6.61 Å². The number of aliphatic imine (C=N–C) groups is 1. The average molecular weight is 325 g/mol. The second-order valence-corrected chi connectivity index (χ2v) is 6.36. The fraction of sp³-hybridized carbons (Fsp3) is 0.368. The summed E-state index contributed by atoms with van der Waals surface area (Å²) >= 11 is 0. The Hall–Kier alpha value is -2.56. The summed E-state index contributed by atoms with van der Waals surface area (Å²) in [7, 11) is 0. The maximum absolute atomic E-state index is 5.94. The van der Waals surface area contributed by atoms with Gasteiger partial charge in [-0.25, -0.2) is 4.98 Å². The molecule has 3 rings (SSSR count). The van der Waals surface area contributed by atoms with Crippen molar-refractivity contribution < 1.29 is 9.47 Å². The standard InChI is InChI=1S/C19H23N3O2/c1-12(8-13(2)21-3)10-23-15-4-5-16-14(9-15)11-24-18-17(16)6-7-22-19(18)20/h4-7,9,12-13H,3,8,10-11H2,1-2H3,(H2,20,22). The van der Waals surface area contributed by atoms with Crippen molar-refractivity contribution in [3.05, 3.63) is 36.0 Å². The quantitative estimate of drug-likeness (QED) is 0.822. The van der Waals surface area contributed by atoms with Crippen LogP contribution in [0.4, 0.5) is 5.82 Å². The first-order chi connectivity index (χ1) is 11.6. The van der Waals surface area contributed by atoms with Crippen molar-refractivity contribution in [3.8, 4) is 22.6 Å². The molecule has 0 bridgehead atoms. The molecule has 1 aliphatic heterocycles. The van der Waals surface area contributed by atoms with Crippen LogP contribution in [-0.4, -0.2) is 24.4 Å². The van der Waals surface area contributed by atoms with Gasteiger partial charge in [-0.3, -0.25) is 4.99 Å². The van der Waals surface area contributed by atoms with E-state index in [2.05, 4.69) is 36.6 Å². The third kappa shape index (κ3) is 3.35. The van der Waals surface area contributed by atoms with Gasteiger partial charge in [0, 0.05) is 23.4 Å². The summed E-state index contributed by atoms with van der Waals surface area (Å²) in [5.74, 6) is 2.37. The number of nitrogens with two attached hydrogens (primary N) is 1. The monoisotopic (exact) mass is 325 g/mol. The minimum absolute atomic E-state index is 0.260. The third-order valence-electron chi connectivity index (χ3n) is 4.26. The molecular weight excluding hydrogens is 302 g/mol. The van der Waals surface area contributed by atoms with Crippen LogP contribution in [0.5, 0.6) is 11.5 Å². The van der Waals surface area contributed by atoms with Gasteiger partial charge in [-0.2, -0.15) is 0 Å². The summed E-state index contributed by atoms with van der Waals surface area (Å²) in [5.41, 5.74) is 9.09. The number of hydrogen-bond acceptors (Lipinski definition) is 5. The van der Waals surface area contributed by atoms with E-state index in [1.807, 2.05) is 18.2 Å². The second kappa shape index (κ2) is 6.91. The lowest BCUT2D eigenvalue weighted by atomic mass is 9.97. The van der Waals surface area contributed by atoms with Gasteiger partial charge in [0.1, 0.15) is 12.4 Å².